The lowest BCUT2D eigenvalue weighted by Gasteiger charge is -2.61. The van der Waals surface area contributed by atoms with Crippen molar-refractivity contribution >= 4 is 0 Å². The van der Waals surface area contributed by atoms with Crippen LogP contribution in [0.25, 0.3) is 0 Å². The largest absolute Gasteiger partial charge is 0.393 e. The van der Waals surface area contributed by atoms with Crippen LogP contribution in [-0.4, -0.2) is 11.2 Å². The van der Waals surface area contributed by atoms with Gasteiger partial charge in [0.05, 0.1) is 6.10 Å². The van der Waals surface area contributed by atoms with Gasteiger partial charge in [-0.15, -0.1) is 0 Å². The molecular weight excluding hydrogens is 280 g/mol. The number of aliphatic hydroxyl groups excluding tert-OH is 1. The average molecular weight is 319 g/mol. The lowest BCUT2D eigenvalue weighted by molar-refractivity contribution is -0.123. The van der Waals surface area contributed by atoms with Crippen LogP contribution in [0.1, 0.15) is 85.5 Å². The van der Waals surface area contributed by atoms with Crippen molar-refractivity contribution in [2.75, 3.05) is 0 Å². The van der Waals surface area contributed by atoms with E-state index < -0.39 is 0 Å². The molecule has 7 unspecified atom stereocenters. The van der Waals surface area contributed by atoms with Crippen LogP contribution in [0.15, 0.2) is 0 Å². The predicted molar refractivity (Wildman–Crippen MR) is 96.1 cm³/mol. The minimum absolute atomic E-state index is 0.107. The molecule has 0 bridgehead atoms. The molecule has 4 rings (SSSR count). The summed E-state index contributed by atoms with van der Waals surface area (Å²) in [6.07, 6.45) is 12.8. The van der Waals surface area contributed by atoms with E-state index in [2.05, 4.69) is 20.8 Å². The van der Waals surface area contributed by atoms with Crippen LogP contribution in [0.3, 0.4) is 0 Å². The van der Waals surface area contributed by atoms with Gasteiger partial charge >= 0.3 is 0 Å². The molecular formula is C22H38O. The molecule has 0 spiro atoms. The predicted octanol–water partition coefficient (Wildman–Crippen LogP) is 5.66. The van der Waals surface area contributed by atoms with Crippen molar-refractivity contribution in [3.05, 3.63) is 0 Å². The van der Waals surface area contributed by atoms with Crippen molar-refractivity contribution in [2.45, 2.75) is 91.6 Å². The van der Waals surface area contributed by atoms with Gasteiger partial charge in [-0.1, -0.05) is 27.2 Å². The third-order valence-electron chi connectivity index (χ3n) is 9.58. The highest BCUT2D eigenvalue weighted by Gasteiger charge is 2.60. The van der Waals surface area contributed by atoms with E-state index in [9.17, 15) is 5.11 Å². The molecule has 0 radical (unpaired) electrons. The maximum Gasteiger partial charge on any atom is 0.0545 e. The summed E-state index contributed by atoms with van der Waals surface area (Å²) < 4.78 is 0. The molecule has 0 amide bonds. The van der Waals surface area contributed by atoms with Gasteiger partial charge in [0, 0.05) is 0 Å². The third kappa shape index (κ3) is 2.28. The Morgan fingerprint density at radius 1 is 0.870 bits per heavy atom. The van der Waals surface area contributed by atoms with Gasteiger partial charge < -0.3 is 5.11 Å². The van der Waals surface area contributed by atoms with Crippen LogP contribution in [0.5, 0.6) is 0 Å². The second kappa shape index (κ2) is 5.48. The zero-order valence-corrected chi connectivity index (χ0v) is 15.9. The van der Waals surface area contributed by atoms with Gasteiger partial charge in [-0.25, -0.2) is 0 Å². The summed E-state index contributed by atoms with van der Waals surface area (Å²) in [4.78, 5) is 0. The van der Waals surface area contributed by atoms with E-state index >= 15 is 0 Å². The molecule has 4 aliphatic rings. The molecule has 0 saturated heterocycles. The van der Waals surface area contributed by atoms with Crippen LogP contribution >= 0.6 is 0 Å². The highest BCUT2D eigenvalue weighted by atomic mass is 16.3. The molecule has 4 aliphatic carbocycles. The van der Waals surface area contributed by atoms with E-state index in [0.29, 0.717) is 16.7 Å². The molecule has 1 nitrogen and oxygen atoms in total. The van der Waals surface area contributed by atoms with Gasteiger partial charge in [-0.05, 0) is 105 Å². The van der Waals surface area contributed by atoms with Gasteiger partial charge in [-0.3, -0.25) is 0 Å². The Morgan fingerprint density at radius 2 is 1.57 bits per heavy atom. The highest BCUT2D eigenvalue weighted by Crippen LogP contribution is 2.68. The van der Waals surface area contributed by atoms with Crippen LogP contribution < -0.4 is 0 Å². The molecule has 9 atom stereocenters. The van der Waals surface area contributed by atoms with E-state index in [1.807, 2.05) is 6.92 Å². The van der Waals surface area contributed by atoms with E-state index in [1.165, 1.54) is 57.8 Å². The summed E-state index contributed by atoms with van der Waals surface area (Å²) in [5.74, 6) is 5.38. The second-order valence-corrected chi connectivity index (χ2v) is 10.5. The fraction of sp³-hybridized carbons (Fsp3) is 1.00. The number of fused-ring (bicyclic) bond motifs is 5. The van der Waals surface area contributed by atoms with Gasteiger partial charge in [0.2, 0.25) is 0 Å². The minimum atomic E-state index is -0.107. The first-order valence-corrected chi connectivity index (χ1v) is 10.5. The van der Waals surface area contributed by atoms with Crippen molar-refractivity contribution < 1.29 is 5.11 Å². The standard InChI is InChI=1S/C22H38O/c1-14-9-11-21(3)16(13-14)5-6-17-19-8-7-18(15(2)23)22(19,4)12-10-20(17)21/h14-20,23H,5-13H2,1-4H3/t14-,15?,16+,17?,18?,19?,20?,21?,22?/m1/s1. The quantitative estimate of drug-likeness (QED) is 0.661. The summed E-state index contributed by atoms with van der Waals surface area (Å²) in [5, 5.41) is 10.3. The Balaban J connectivity index is 1.60. The second-order valence-electron chi connectivity index (χ2n) is 10.5. The van der Waals surface area contributed by atoms with Crippen LogP contribution in [-0.2, 0) is 0 Å². The summed E-state index contributed by atoms with van der Waals surface area (Å²) in [5.41, 5.74) is 1.07. The highest BCUT2D eigenvalue weighted by molar-refractivity contribution is 5.09. The Morgan fingerprint density at radius 3 is 2.30 bits per heavy atom. The third-order valence-corrected chi connectivity index (χ3v) is 9.58. The molecule has 0 aromatic carbocycles. The number of rotatable bonds is 1. The van der Waals surface area contributed by atoms with E-state index in [-0.39, 0.29) is 6.10 Å². The molecule has 1 heteroatoms. The van der Waals surface area contributed by atoms with Crippen LogP contribution in [0.4, 0.5) is 0 Å². The van der Waals surface area contributed by atoms with Gasteiger partial charge in [0.1, 0.15) is 0 Å². The molecule has 0 aromatic rings. The van der Waals surface area contributed by atoms with Gasteiger partial charge in [0.25, 0.3) is 0 Å². The van der Waals surface area contributed by atoms with Crippen molar-refractivity contribution in [1.82, 2.24) is 0 Å². The Hall–Kier alpha value is -0.0400. The Bertz CT molecular complexity index is 457. The zero-order valence-electron chi connectivity index (χ0n) is 15.9. The first-order chi connectivity index (χ1) is 10.9. The topological polar surface area (TPSA) is 20.2 Å². The maximum atomic E-state index is 10.3. The SMILES string of the molecule is CC(O)C1CCC2C3CC[C@H]4C[C@H](C)CCC4(C)C3CCC12C. The van der Waals surface area contributed by atoms with E-state index in [0.717, 1.165) is 29.6 Å². The van der Waals surface area contributed by atoms with Gasteiger partial charge in [-0.2, -0.15) is 0 Å². The summed E-state index contributed by atoms with van der Waals surface area (Å²) in [6, 6.07) is 0. The van der Waals surface area contributed by atoms with Crippen molar-refractivity contribution in [3.8, 4) is 0 Å². The molecule has 132 valence electrons. The molecule has 0 aromatic heterocycles. The lowest BCUT2D eigenvalue weighted by Crippen LogP contribution is -2.53. The average Bonchev–Trinajstić information content (AvgIpc) is 2.85. The fourth-order valence-corrected chi connectivity index (χ4v) is 8.31. The first kappa shape index (κ1) is 16.4. The Kier molecular flexibility index (Phi) is 3.91. The normalized spacial score (nSPS) is 57.3. The Labute approximate surface area is 143 Å². The number of hydrogen-bond donors (Lipinski definition) is 1. The summed E-state index contributed by atoms with van der Waals surface area (Å²) >= 11 is 0. The number of hydrogen-bond acceptors (Lipinski definition) is 1. The van der Waals surface area contributed by atoms with Crippen molar-refractivity contribution in [3.63, 3.8) is 0 Å². The number of aliphatic hydroxyl groups is 1. The molecule has 4 saturated carbocycles. The summed E-state index contributed by atoms with van der Waals surface area (Å²) in [6.45, 7) is 9.73. The molecule has 0 heterocycles. The maximum absolute atomic E-state index is 10.3. The van der Waals surface area contributed by atoms with Crippen LogP contribution in [0.2, 0.25) is 0 Å². The molecule has 0 aliphatic heterocycles. The molecule has 4 fully saturated rings. The monoisotopic (exact) mass is 318 g/mol. The first-order valence-electron chi connectivity index (χ1n) is 10.5. The lowest BCUT2D eigenvalue weighted by atomic mass is 9.44. The van der Waals surface area contributed by atoms with Crippen molar-refractivity contribution in [1.29, 1.82) is 0 Å². The minimum Gasteiger partial charge on any atom is -0.393 e. The zero-order chi connectivity index (χ0) is 16.4. The van der Waals surface area contributed by atoms with Gasteiger partial charge in [0.15, 0.2) is 0 Å². The van der Waals surface area contributed by atoms with Crippen LogP contribution in [0, 0.1) is 46.3 Å². The molecule has 1 N–H and O–H groups in total. The fourth-order valence-electron chi connectivity index (χ4n) is 8.31. The van der Waals surface area contributed by atoms with Crippen molar-refractivity contribution in [2.24, 2.45) is 46.3 Å². The smallest absolute Gasteiger partial charge is 0.0545 e. The van der Waals surface area contributed by atoms with E-state index in [4.69, 9.17) is 0 Å². The molecule has 23 heavy (non-hydrogen) atoms. The van der Waals surface area contributed by atoms with E-state index in [1.54, 1.807) is 0 Å². The summed E-state index contributed by atoms with van der Waals surface area (Å²) in [7, 11) is 0.